The number of pyridine rings is 1. The van der Waals surface area contributed by atoms with Crippen molar-refractivity contribution in [3.63, 3.8) is 0 Å². The summed E-state index contributed by atoms with van der Waals surface area (Å²) >= 11 is 0. The van der Waals surface area contributed by atoms with Gasteiger partial charge in [-0.1, -0.05) is 0 Å². The molecular weight excluding hydrogens is 511 g/mol. The quantitative estimate of drug-likeness (QED) is 0.454. The highest BCUT2D eigenvalue weighted by molar-refractivity contribution is 5.91. The number of aryl methyl sites for hydroxylation is 1. The SMILES string of the molecule is O=C(CNc1ncnc2ccc(C(F)(F)F)cc12)CC1CN(C2CCOC2)C[C@@H]1OC1CCc2ccncc21. The Morgan fingerprint density at radius 3 is 2.90 bits per heavy atom. The lowest BCUT2D eigenvalue weighted by Gasteiger charge is -2.24. The number of aromatic nitrogens is 3. The number of alkyl halides is 3. The van der Waals surface area contributed by atoms with Gasteiger partial charge in [0.1, 0.15) is 12.1 Å². The van der Waals surface area contributed by atoms with Crippen LogP contribution in [0.15, 0.2) is 43.0 Å². The van der Waals surface area contributed by atoms with Crippen LogP contribution in [0.5, 0.6) is 0 Å². The lowest BCUT2D eigenvalue weighted by molar-refractivity contribution is -0.137. The summed E-state index contributed by atoms with van der Waals surface area (Å²) in [5.41, 5.74) is 1.97. The summed E-state index contributed by atoms with van der Waals surface area (Å²) in [4.78, 5) is 28.0. The van der Waals surface area contributed by atoms with Gasteiger partial charge in [-0.25, -0.2) is 9.97 Å². The van der Waals surface area contributed by atoms with E-state index in [0.29, 0.717) is 24.6 Å². The van der Waals surface area contributed by atoms with E-state index in [1.165, 1.54) is 18.0 Å². The summed E-state index contributed by atoms with van der Waals surface area (Å²) in [6.45, 7) is 2.86. The Bertz CT molecular complexity index is 1350. The number of nitrogens with one attached hydrogen (secondary N) is 1. The molecule has 39 heavy (non-hydrogen) atoms. The zero-order chi connectivity index (χ0) is 27.0. The second-order valence-corrected chi connectivity index (χ2v) is 10.6. The predicted molar refractivity (Wildman–Crippen MR) is 137 cm³/mol. The molecule has 0 amide bonds. The standard InChI is InChI=1S/C28H30F3N5O3/c29-28(30,31)19-2-3-24-22(10-19)27(35-16-34-24)33-11-21(37)9-18-13-36(20-6-8-38-15-20)14-26(18)39-25-4-1-17-5-7-32-12-23(17)25/h2-3,5,7,10,12,16,18,20,25-26H,1,4,6,8-9,11,13-15H2,(H,33,34,35)/t18?,20?,25?,26-/m0/s1. The number of benzene rings is 1. The number of hydrogen-bond acceptors (Lipinski definition) is 8. The summed E-state index contributed by atoms with van der Waals surface area (Å²) in [5.74, 6) is 0.156. The molecule has 0 bridgehead atoms. The number of carbonyl (C=O) groups is 1. The van der Waals surface area contributed by atoms with Crippen molar-refractivity contribution in [2.24, 2.45) is 5.92 Å². The maximum atomic E-state index is 13.3. The number of fused-ring (bicyclic) bond motifs is 2. The first-order chi connectivity index (χ1) is 18.8. The van der Waals surface area contributed by atoms with Crippen molar-refractivity contribution < 1.29 is 27.4 Å². The van der Waals surface area contributed by atoms with Gasteiger partial charge in [0.15, 0.2) is 5.78 Å². The average molecular weight is 542 g/mol. The van der Waals surface area contributed by atoms with Gasteiger partial charge in [-0.2, -0.15) is 13.2 Å². The molecule has 4 heterocycles. The highest BCUT2D eigenvalue weighted by Gasteiger charge is 2.41. The van der Waals surface area contributed by atoms with Crippen molar-refractivity contribution in [3.8, 4) is 0 Å². The van der Waals surface area contributed by atoms with E-state index in [4.69, 9.17) is 9.47 Å². The lowest BCUT2D eigenvalue weighted by atomic mass is 9.98. The van der Waals surface area contributed by atoms with Gasteiger partial charge in [0.05, 0.1) is 36.4 Å². The second kappa shape index (κ2) is 10.8. The zero-order valence-corrected chi connectivity index (χ0v) is 21.4. The number of nitrogens with zero attached hydrogens (tertiary/aromatic N) is 4. The number of ether oxygens (including phenoxy) is 2. The van der Waals surface area contributed by atoms with Crippen LogP contribution in [-0.2, 0) is 26.9 Å². The Morgan fingerprint density at radius 1 is 1.18 bits per heavy atom. The molecule has 2 fully saturated rings. The molecule has 206 valence electrons. The molecule has 3 unspecified atom stereocenters. The van der Waals surface area contributed by atoms with Crippen LogP contribution in [0, 0.1) is 5.92 Å². The largest absolute Gasteiger partial charge is 0.416 e. The molecule has 1 N–H and O–H groups in total. The van der Waals surface area contributed by atoms with Crippen molar-refractivity contribution in [2.75, 3.05) is 38.2 Å². The van der Waals surface area contributed by atoms with Crippen LogP contribution in [0.25, 0.3) is 10.9 Å². The first kappa shape index (κ1) is 26.1. The molecule has 2 aromatic heterocycles. The van der Waals surface area contributed by atoms with Gasteiger partial charge in [0.2, 0.25) is 0 Å². The van der Waals surface area contributed by atoms with Crippen molar-refractivity contribution >= 4 is 22.5 Å². The van der Waals surface area contributed by atoms with Gasteiger partial charge in [0, 0.05) is 61.4 Å². The predicted octanol–water partition coefficient (Wildman–Crippen LogP) is 4.21. The number of ketones is 1. The molecule has 3 aromatic rings. The lowest BCUT2D eigenvalue weighted by Crippen LogP contribution is -2.34. The van der Waals surface area contributed by atoms with Crippen LogP contribution in [0.1, 0.15) is 42.1 Å². The summed E-state index contributed by atoms with van der Waals surface area (Å²) in [6.07, 6.45) is 3.43. The topological polar surface area (TPSA) is 89.5 Å². The Morgan fingerprint density at radius 2 is 2.08 bits per heavy atom. The number of Topliss-reactive ketones (excluding diaryl/α,β-unsaturated/α-hetero) is 1. The molecule has 4 atom stereocenters. The number of likely N-dealkylation sites (tertiary alicyclic amines) is 1. The first-order valence-electron chi connectivity index (χ1n) is 13.3. The van der Waals surface area contributed by atoms with Crippen LogP contribution >= 0.6 is 0 Å². The van der Waals surface area contributed by atoms with Crippen LogP contribution in [0.4, 0.5) is 19.0 Å². The fourth-order valence-electron chi connectivity index (χ4n) is 6.00. The van der Waals surface area contributed by atoms with E-state index in [2.05, 4.69) is 25.2 Å². The van der Waals surface area contributed by atoms with Crippen LogP contribution in [-0.4, -0.2) is 70.6 Å². The van der Waals surface area contributed by atoms with Gasteiger partial charge >= 0.3 is 6.18 Å². The third-order valence-corrected chi connectivity index (χ3v) is 8.04. The molecule has 1 aromatic carbocycles. The van der Waals surface area contributed by atoms with E-state index in [0.717, 1.165) is 56.7 Å². The van der Waals surface area contributed by atoms with Gasteiger partial charge in [-0.3, -0.25) is 14.7 Å². The summed E-state index contributed by atoms with van der Waals surface area (Å²) in [7, 11) is 0. The fraction of sp³-hybridized carbons (Fsp3) is 0.500. The summed E-state index contributed by atoms with van der Waals surface area (Å²) in [5, 5.41) is 3.18. The molecule has 2 aliphatic heterocycles. The minimum absolute atomic E-state index is 0.000373. The van der Waals surface area contributed by atoms with Gasteiger partial charge < -0.3 is 14.8 Å². The summed E-state index contributed by atoms with van der Waals surface area (Å²) < 4.78 is 52.0. The van der Waals surface area contributed by atoms with E-state index in [1.54, 1.807) is 6.20 Å². The molecule has 0 saturated carbocycles. The van der Waals surface area contributed by atoms with E-state index in [1.807, 2.05) is 12.3 Å². The first-order valence-corrected chi connectivity index (χ1v) is 13.3. The number of rotatable bonds is 8. The van der Waals surface area contributed by atoms with Crippen molar-refractivity contribution in [2.45, 2.75) is 50.1 Å². The van der Waals surface area contributed by atoms with E-state index < -0.39 is 11.7 Å². The molecule has 3 aliphatic rings. The monoisotopic (exact) mass is 541 g/mol. The van der Waals surface area contributed by atoms with Gasteiger partial charge in [-0.05, 0) is 49.1 Å². The second-order valence-electron chi connectivity index (χ2n) is 10.6. The highest BCUT2D eigenvalue weighted by Crippen LogP contribution is 2.38. The van der Waals surface area contributed by atoms with Crippen LogP contribution in [0.3, 0.4) is 0 Å². The molecule has 8 nitrogen and oxygen atoms in total. The Hall–Kier alpha value is -3.15. The Balaban J connectivity index is 1.14. The molecule has 0 spiro atoms. The molecule has 0 radical (unpaired) electrons. The highest BCUT2D eigenvalue weighted by atomic mass is 19.4. The van der Waals surface area contributed by atoms with Crippen molar-refractivity contribution in [1.82, 2.24) is 19.9 Å². The molecule has 2 saturated heterocycles. The molecular formula is C28H30F3N5O3. The van der Waals surface area contributed by atoms with E-state index >= 15 is 0 Å². The van der Waals surface area contributed by atoms with Crippen LogP contribution in [0.2, 0.25) is 0 Å². The minimum atomic E-state index is -4.49. The van der Waals surface area contributed by atoms with E-state index in [-0.39, 0.29) is 41.7 Å². The fourth-order valence-corrected chi connectivity index (χ4v) is 6.00. The third-order valence-electron chi connectivity index (χ3n) is 8.04. The summed E-state index contributed by atoms with van der Waals surface area (Å²) in [6, 6.07) is 5.67. The Kier molecular flexibility index (Phi) is 7.22. The molecule has 1 aliphatic carbocycles. The normalized spacial score (nSPS) is 25.3. The zero-order valence-electron chi connectivity index (χ0n) is 21.4. The third kappa shape index (κ3) is 5.61. The number of carbonyl (C=O) groups excluding carboxylic acids is 1. The smallest absolute Gasteiger partial charge is 0.380 e. The Labute approximate surface area is 223 Å². The molecule has 6 rings (SSSR count). The molecule has 11 heteroatoms. The van der Waals surface area contributed by atoms with Crippen LogP contribution < -0.4 is 5.32 Å². The average Bonchev–Trinajstić information content (AvgIpc) is 3.68. The number of hydrogen-bond donors (Lipinski definition) is 1. The number of anilines is 1. The van der Waals surface area contributed by atoms with Crippen molar-refractivity contribution in [1.29, 1.82) is 0 Å². The minimum Gasteiger partial charge on any atom is -0.380 e. The van der Waals surface area contributed by atoms with Gasteiger partial charge in [0.25, 0.3) is 0 Å². The maximum Gasteiger partial charge on any atom is 0.416 e. The van der Waals surface area contributed by atoms with Gasteiger partial charge in [-0.15, -0.1) is 0 Å². The van der Waals surface area contributed by atoms with Crippen molar-refractivity contribution in [3.05, 3.63) is 59.7 Å². The maximum absolute atomic E-state index is 13.3. The number of halogens is 3. The van der Waals surface area contributed by atoms with E-state index in [9.17, 15) is 18.0 Å².